The molecule has 2 aromatic carbocycles. The molecular formula is C19H16FN3O2S2. The van der Waals surface area contributed by atoms with Gasteiger partial charge in [-0.15, -0.1) is 11.3 Å². The van der Waals surface area contributed by atoms with Gasteiger partial charge in [-0.25, -0.2) is 9.37 Å². The number of thioether (sulfide) groups is 1. The van der Waals surface area contributed by atoms with Gasteiger partial charge in [0.15, 0.2) is 4.34 Å². The van der Waals surface area contributed by atoms with Gasteiger partial charge in [0.2, 0.25) is 11.8 Å². The van der Waals surface area contributed by atoms with Gasteiger partial charge in [-0.3, -0.25) is 9.59 Å². The van der Waals surface area contributed by atoms with Crippen molar-refractivity contribution in [3.8, 4) is 11.3 Å². The average molecular weight is 401 g/mol. The fourth-order valence-corrected chi connectivity index (χ4v) is 3.91. The van der Waals surface area contributed by atoms with Gasteiger partial charge in [0, 0.05) is 29.2 Å². The van der Waals surface area contributed by atoms with Crippen molar-refractivity contribution in [1.29, 1.82) is 0 Å². The number of nitrogens with one attached hydrogen (secondary N) is 2. The molecule has 0 bridgehead atoms. The molecule has 138 valence electrons. The van der Waals surface area contributed by atoms with Crippen LogP contribution in [0.1, 0.15) is 6.92 Å². The molecule has 0 aliphatic heterocycles. The molecule has 2 N–H and O–H groups in total. The van der Waals surface area contributed by atoms with Crippen LogP contribution in [0.5, 0.6) is 0 Å². The number of anilines is 2. The van der Waals surface area contributed by atoms with E-state index in [-0.39, 0.29) is 23.4 Å². The lowest BCUT2D eigenvalue weighted by Crippen LogP contribution is -2.14. The molecule has 1 aromatic heterocycles. The number of benzene rings is 2. The maximum absolute atomic E-state index is 13.0. The third-order valence-electron chi connectivity index (χ3n) is 3.42. The van der Waals surface area contributed by atoms with Crippen molar-refractivity contribution in [3.05, 3.63) is 59.7 Å². The van der Waals surface area contributed by atoms with Gasteiger partial charge in [-0.2, -0.15) is 0 Å². The van der Waals surface area contributed by atoms with E-state index in [1.54, 1.807) is 36.4 Å². The highest BCUT2D eigenvalue weighted by Gasteiger charge is 2.09. The Morgan fingerprint density at radius 3 is 2.52 bits per heavy atom. The quantitative estimate of drug-likeness (QED) is 0.591. The molecule has 0 saturated heterocycles. The van der Waals surface area contributed by atoms with E-state index in [0.717, 1.165) is 15.6 Å². The minimum Gasteiger partial charge on any atom is -0.326 e. The van der Waals surface area contributed by atoms with Gasteiger partial charge >= 0.3 is 0 Å². The zero-order chi connectivity index (χ0) is 19.2. The molecule has 0 unspecified atom stereocenters. The van der Waals surface area contributed by atoms with E-state index in [1.165, 1.54) is 42.2 Å². The number of nitrogens with zero attached hydrogens (tertiary/aromatic N) is 1. The van der Waals surface area contributed by atoms with Crippen LogP contribution in [0.3, 0.4) is 0 Å². The largest absolute Gasteiger partial charge is 0.326 e. The number of halogens is 1. The number of carbonyl (C=O) groups excluding carboxylic acids is 2. The fraction of sp³-hybridized carbons (Fsp3) is 0.105. The number of carbonyl (C=O) groups is 2. The zero-order valence-electron chi connectivity index (χ0n) is 14.4. The lowest BCUT2D eigenvalue weighted by atomic mass is 10.2. The highest BCUT2D eigenvalue weighted by molar-refractivity contribution is 8.01. The highest BCUT2D eigenvalue weighted by Crippen LogP contribution is 2.28. The van der Waals surface area contributed by atoms with Crippen molar-refractivity contribution in [1.82, 2.24) is 4.98 Å². The number of aromatic nitrogens is 1. The Labute approximate surface area is 164 Å². The van der Waals surface area contributed by atoms with E-state index in [2.05, 4.69) is 15.6 Å². The van der Waals surface area contributed by atoms with Crippen LogP contribution in [0.25, 0.3) is 11.3 Å². The predicted octanol–water partition coefficient (Wildman–Crippen LogP) is 4.64. The zero-order valence-corrected chi connectivity index (χ0v) is 16.0. The normalized spacial score (nSPS) is 10.4. The number of hydrogen-bond acceptors (Lipinski definition) is 5. The molecule has 0 atom stereocenters. The Hall–Kier alpha value is -2.71. The van der Waals surface area contributed by atoms with Crippen LogP contribution in [0, 0.1) is 5.82 Å². The van der Waals surface area contributed by atoms with E-state index in [1.807, 2.05) is 5.38 Å². The first-order chi connectivity index (χ1) is 13.0. The van der Waals surface area contributed by atoms with Gasteiger partial charge in [0.05, 0.1) is 11.4 Å². The lowest BCUT2D eigenvalue weighted by Gasteiger charge is -2.07. The summed E-state index contributed by atoms with van der Waals surface area (Å²) in [6, 6.07) is 13.1. The summed E-state index contributed by atoms with van der Waals surface area (Å²) in [6.45, 7) is 1.43. The summed E-state index contributed by atoms with van der Waals surface area (Å²) in [7, 11) is 0. The van der Waals surface area contributed by atoms with Crippen molar-refractivity contribution in [2.45, 2.75) is 11.3 Å². The Morgan fingerprint density at radius 2 is 1.81 bits per heavy atom. The van der Waals surface area contributed by atoms with Crippen LogP contribution < -0.4 is 10.6 Å². The first-order valence-corrected chi connectivity index (χ1v) is 9.88. The summed E-state index contributed by atoms with van der Waals surface area (Å²) in [4.78, 5) is 27.7. The average Bonchev–Trinajstić information content (AvgIpc) is 3.09. The molecule has 27 heavy (non-hydrogen) atoms. The van der Waals surface area contributed by atoms with E-state index in [4.69, 9.17) is 0 Å². The molecule has 5 nitrogen and oxygen atoms in total. The van der Waals surface area contributed by atoms with Gasteiger partial charge in [-0.1, -0.05) is 17.8 Å². The Balaban J connectivity index is 1.55. The molecular weight excluding hydrogens is 385 g/mol. The predicted molar refractivity (Wildman–Crippen MR) is 108 cm³/mol. The molecule has 0 radical (unpaired) electrons. The van der Waals surface area contributed by atoms with Crippen LogP contribution >= 0.6 is 23.1 Å². The van der Waals surface area contributed by atoms with E-state index >= 15 is 0 Å². The third kappa shape index (κ3) is 5.63. The van der Waals surface area contributed by atoms with Crippen molar-refractivity contribution >= 4 is 46.3 Å². The molecule has 0 fully saturated rings. The molecule has 8 heteroatoms. The second-order valence-electron chi connectivity index (χ2n) is 5.60. The first-order valence-electron chi connectivity index (χ1n) is 8.01. The topological polar surface area (TPSA) is 71.1 Å². The molecule has 0 aliphatic carbocycles. The summed E-state index contributed by atoms with van der Waals surface area (Å²) >= 11 is 2.77. The molecule has 0 aliphatic rings. The van der Waals surface area contributed by atoms with Gasteiger partial charge in [0.1, 0.15) is 5.82 Å². The number of thiazole rings is 1. The minimum atomic E-state index is -0.289. The summed E-state index contributed by atoms with van der Waals surface area (Å²) in [6.07, 6.45) is 0. The second kappa shape index (κ2) is 8.79. The van der Waals surface area contributed by atoms with Crippen LogP contribution in [0.2, 0.25) is 0 Å². The van der Waals surface area contributed by atoms with Crippen molar-refractivity contribution in [2.75, 3.05) is 16.4 Å². The third-order valence-corrected chi connectivity index (χ3v) is 5.44. The first kappa shape index (κ1) is 19.1. The molecule has 2 amide bonds. The van der Waals surface area contributed by atoms with E-state index < -0.39 is 0 Å². The lowest BCUT2D eigenvalue weighted by molar-refractivity contribution is -0.114. The summed E-state index contributed by atoms with van der Waals surface area (Å²) in [5, 5.41) is 7.34. The van der Waals surface area contributed by atoms with E-state index in [0.29, 0.717) is 11.4 Å². The van der Waals surface area contributed by atoms with Crippen LogP contribution in [0.15, 0.2) is 58.3 Å². The SMILES string of the molecule is CC(=O)Nc1cccc(NC(=O)CSc2nc(-c3ccc(F)cc3)cs2)c1. The Bertz CT molecular complexity index is 958. The van der Waals surface area contributed by atoms with Crippen LogP contribution in [-0.2, 0) is 9.59 Å². The van der Waals surface area contributed by atoms with Crippen LogP contribution in [-0.4, -0.2) is 22.6 Å². The van der Waals surface area contributed by atoms with Gasteiger partial charge in [-0.05, 0) is 42.5 Å². The molecule has 1 heterocycles. The number of rotatable bonds is 6. The smallest absolute Gasteiger partial charge is 0.234 e. The molecule has 0 saturated carbocycles. The molecule has 3 rings (SSSR count). The minimum absolute atomic E-state index is 0.168. The number of amides is 2. The summed E-state index contributed by atoms with van der Waals surface area (Å²) < 4.78 is 13.8. The molecule has 3 aromatic rings. The maximum atomic E-state index is 13.0. The summed E-state index contributed by atoms with van der Waals surface area (Å²) in [5.74, 6) is -0.420. The maximum Gasteiger partial charge on any atom is 0.234 e. The van der Waals surface area contributed by atoms with Crippen molar-refractivity contribution < 1.29 is 14.0 Å². The van der Waals surface area contributed by atoms with Crippen molar-refractivity contribution in [3.63, 3.8) is 0 Å². The second-order valence-corrected chi connectivity index (χ2v) is 7.68. The fourth-order valence-electron chi connectivity index (χ4n) is 2.28. The van der Waals surface area contributed by atoms with E-state index in [9.17, 15) is 14.0 Å². The summed E-state index contributed by atoms with van der Waals surface area (Å²) in [5.41, 5.74) is 2.82. The number of hydrogen-bond donors (Lipinski definition) is 2. The van der Waals surface area contributed by atoms with Crippen LogP contribution in [0.4, 0.5) is 15.8 Å². The highest BCUT2D eigenvalue weighted by atomic mass is 32.2. The van der Waals surface area contributed by atoms with Gasteiger partial charge < -0.3 is 10.6 Å². The Morgan fingerprint density at radius 1 is 1.11 bits per heavy atom. The Kier molecular flexibility index (Phi) is 6.20. The van der Waals surface area contributed by atoms with Gasteiger partial charge in [0.25, 0.3) is 0 Å². The van der Waals surface area contributed by atoms with Crippen molar-refractivity contribution in [2.24, 2.45) is 0 Å². The standard InChI is InChI=1S/C19H16FN3O2S2/c1-12(24)21-15-3-2-4-16(9-15)22-18(25)11-27-19-23-17(10-26-19)13-5-7-14(20)8-6-13/h2-10H,11H2,1H3,(H,21,24)(H,22,25). The molecule has 0 spiro atoms. The monoisotopic (exact) mass is 401 g/mol.